The number of ether oxygens (including phenoxy) is 1. The highest BCUT2D eigenvalue weighted by Gasteiger charge is 2.08. The molecule has 3 N–H and O–H groups in total. The molecule has 1 aromatic carbocycles. The summed E-state index contributed by atoms with van der Waals surface area (Å²) in [5.41, 5.74) is 0. The van der Waals surface area contributed by atoms with Gasteiger partial charge in [0.15, 0.2) is 6.61 Å². The average molecular weight is 311 g/mol. The van der Waals surface area contributed by atoms with E-state index in [1.165, 1.54) is 0 Å². The lowest BCUT2D eigenvalue weighted by Crippen LogP contribution is -2.36. The molecule has 0 bridgehead atoms. The van der Waals surface area contributed by atoms with E-state index in [0.717, 1.165) is 0 Å². The highest BCUT2D eigenvalue weighted by molar-refractivity contribution is 6.30. The minimum Gasteiger partial charge on any atom is -0.484 e. The number of carbonyl (C=O) groups is 2. The van der Waals surface area contributed by atoms with E-state index in [1.807, 2.05) is 0 Å². The smallest absolute Gasteiger partial charge is 0.269 e. The Morgan fingerprint density at radius 3 is 2.67 bits per heavy atom. The van der Waals surface area contributed by atoms with E-state index in [4.69, 9.17) is 16.3 Å². The van der Waals surface area contributed by atoms with Gasteiger partial charge in [0, 0.05) is 5.02 Å². The molecule has 0 spiro atoms. The van der Waals surface area contributed by atoms with Gasteiger partial charge in [-0.2, -0.15) is 5.21 Å². The van der Waals surface area contributed by atoms with Gasteiger partial charge >= 0.3 is 0 Å². The number of nitrogens with zero attached hydrogens (tertiary/aromatic N) is 3. The predicted octanol–water partition coefficient (Wildman–Crippen LogP) is -0.0132. The standard InChI is InChI=1S/C11H11ClN6O3/c12-7-1-3-8(4-2-7)21-6-10(20)13-5-9(19)14-11-15-17-18-16-11/h1-4H,5-6H2,(H,13,20)(H2,14,15,16,17,18,19). The molecule has 9 nitrogen and oxygen atoms in total. The summed E-state index contributed by atoms with van der Waals surface area (Å²) in [7, 11) is 0. The Balaban J connectivity index is 1.67. The minimum atomic E-state index is -0.476. The first-order chi connectivity index (χ1) is 10.1. The fourth-order valence-electron chi connectivity index (χ4n) is 1.29. The SMILES string of the molecule is O=C(COc1ccc(Cl)cc1)NCC(=O)Nc1nn[nH]n1. The Morgan fingerprint density at radius 1 is 1.24 bits per heavy atom. The quantitative estimate of drug-likeness (QED) is 0.689. The zero-order chi connectivity index (χ0) is 15.1. The van der Waals surface area contributed by atoms with Gasteiger partial charge in [-0.3, -0.25) is 14.9 Å². The van der Waals surface area contributed by atoms with Gasteiger partial charge in [0.2, 0.25) is 5.91 Å². The van der Waals surface area contributed by atoms with Crippen molar-refractivity contribution in [3.8, 4) is 5.75 Å². The zero-order valence-corrected chi connectivity index (χ0v) is 11.4. The molecule has 2 aromatic rings. The number of H-pyrrole nitrogens is 1. The van der Waals surface area contributed by atoms with Crippen molar-refractivity contribution >= 4 is 29.4 Å². The third kappa shape index (κ3) is 5.07. The van der Waals surface area contributed by atoms with Crippen LogP contribution in [0.4, 0.5) is 5.95 Å². The van der Waals surface area contributed by atoms with Crippen LogP contribution in [0.15, 0.2) is 24.3 Å². The van der Waals surface area contributed by atoms with Crippen LogP contribution in [0, 0.1) is 0 Å². The monoisotopic (exact) mass is 310 g/mol. The van der Waals surface area contributed by atoms with Crippen molar-refractivity contribution in [1.29, 1.82) is 0 Å². The summed E-state index contributed by atoms with van der Waals surface area (Å²) in [6.07, 6.45) is 0. The molecule has 0 atom stereocenters. The first kappa shape index (κ1) is 14.7. The molecule has 0 saturated carbocycles. The van der Waals surface area contributed by atoms with E-state index in [9.17, 15) is 9.59 Å². The number of hydrogen-bond acceptors (Lipinski definition) is 6. The van der Waals surface area contributed by atoms with Gasteiger partial charge in [0.1, 0.15) is 5.75 Å². The van der Waals surface area contributed by atoms with Gasteiger partial charge in [-0.05, 0) is 29.5 Å². The second-order valence-electron chi connectivity index (χ2n) is 3.80. The third-order valence-electron chi connectivity index (χ3n) is 2.23. The molecule has 21 heavy (non-hydrogen) atoms. The normalized spacial score (nSPS) is 9.95. The highest BCUT2D eigenvalue weighted by Crippen LogP contribution is 2.15. The number of carbonyl (C=O) groups excluding carboxylic acids is 2. The molecular weight excluding hydrogens is 300 g/mol. The van der Waals surface area contributed by atoms with Crippen molar-refractivity contribution in [1.82, 2.24) is 25.9 Å². The number of nitrogens with one attached hydrogen (secondary N) is 3. The van der Waals surface area contributed by atoms with Gasteiger partial charge in [-0.15, -0.1) is 5.10 Å². The van der Waals surface area contributed by atoms with E-state index in [0.29, 0.717) is 10.8 Å². The highest BCUT2D eigenvalue weighted by atomic mass is 35.5. The third-order valence-corrected chi connectivity index (χ3v) is 2.48. The van der Waals surface area contributed by atoms with Crippen molar-refractivity contribution in [3.63, 3.8) is 0 Å². The summed E-state index contributed by atoms with van der Waals surface area (Å²) in [6, 6.07) is 6.57. The van der Waals surface area contributed by atoms with E-state index in [-0.39, 0.29) is 19.1 Å². The molecule has 2 amide bonds. The molecule has 10 heteroatoms. The fourth-order valence-corrected chi connectivity index (χ4v) is 1.42. The maximum atomic E-state index is 11.5. The molecule has 0 aliphatic rings. The molecule has 1 aromatic heterocycles. The summed E-state index contributed by atoms with van der Waals surface area (Å²) in [6.45, 7) is -0.436. The van der Waals surface area contributed by atoms with E-state index in [2.05, 4.69) is 31.3 Å². The van der Waals surface area contributed by atoms with E-state index in [1.54, 1.807) is 24.3 Å². The Bertz CT molecular complexity index is 601. The number of aromatic amines is 1. The van der Waals surface area contributed by atoms with Crippen LogP contribution < -0.4 is 15.4 Å². The average Bonchev–Trinajstić information content (AvgIpc) is 2.97. The zero-order valence-electron chi connectivity index (χ0n) is 10.7. The number of halogens is 1. The second kappa shape index (κ2) is 7.20. The Hall–Kier alpha value is -2.68. The molecule has 0 aliphatic carbocycles. The molecule has 2 rings (SSSR count). The van der Waals surface area contributed by atoms with Crippen LogP contribution in [0.5, 0.6) is 5.75 Å². The maximum Gasteiger partial charge on any atom is 0.269 e. The van der Waals surface area contributed by atoms with Gasteiger partial charge in [-0.1, -0.05) is 16.7 Å². The lowest BCUT2D eigenvalue weighted by Gasteiger charge is -2.07. The molecule has 0 aliphatic heterocycles. The van der Waals surface area contributed by atoms with Crippen molar-refractivity contribution in [2.75, 3.05) is 18.5 Å². The first-order valence-electron chi connectivity index (χ1n) is 5.82. The van der Waals surface area contributed by atoms with Crippen molar-refractivity contribution in [2.45, 2.75) is 0 Å². The van der Waals surface area contributed by atoms with Crippen LogP contribution in [0.1, 0.15) is 0 Å². The van der Waals surface area contributed by atoms with Crippen LogP contribution in [-0.4, -0.2) is 45.6 Å². The summed E-state index contributed by atoms with van der Waals surface area (Å²) < 4.78 is 5.22. The number of hydrogen-bond donors (Lipinski definition) is 3. The predicted molar refractivity (Wildman–Crippen MR) is 72.8 cm³/mol. The van der Waals surface area contributed by atoms with Crippen molar-refractivity contribution in [2.24, 2.45) is 0 Å². The summed E-state index contributed by atoms with van der Waals surface area (Å²) in [5.74, 6) is -0.373. The Kier molecular flexibility index (Phi) is 5.04. The maximum absolute atomic E-state index is 11.5. The van der Waals surface area contributed by atoms with Crippen LogP contribution >= 0.6 is 11.6 Å². The first-order valence-corrected chi connectivity index (χ1v) is 6.19. The van der Waals surface area contributed by atoms with Crippen LogP contribution in [-0.2, 0) is 9.59 Å². The fraction of sp³-hybridized carbons (Fsp3) is 0.182. The van der Waals surface area contributed by atoms with Crippen LogP contribution in [0.2, 0.25) is 5.02 Å². The van der Waals surface area contributed by atoms with Gasteiger partial charge in [-0.25, -0.2) is 0 Å². The van der Waals surface area contributed by atoms with Gasteiger partial charge < -0.3 is 10.1 Å². The Labute approximate surface area is 124 Å². The number of aromatic nitrogens is 4. The van der Waals surface area contributed by atoms with Crippen molar-refractivity contribution in [3.05, 3.63) is 29.3 Å². The van der Waals surface area contributed by atoms with Crippen LogP contribution in [0.25, 0.3) is 0 Å². The molecule has 0 saturated heterocycles. The lowest BCUT2D eigenvalue weighted by molar-refractivity contribution is -0.125. The molecule has 110 valence electrons. The largest absolute Gasteiger partial charge is 0.484 e. The summed E-state index contributed by atoms with van der Waals surface area (Å²) in [5, 5.41) is 17.8. The summed E-state index contributed by atoms with van der Waals surface area (Å²) >= 11 is 5.72. The minimum absolute atomic E-state index is 0.0339. The number of anilines is 1. The van der Waals surface area contributed by atoms with Gasteiger partial charge in [0.25, 0.3) is 11.9 Å². The molecule has 0 unspecified atom stereocenters. The molecule has 0 radical (unpaired) electrons. The number of rotatable bonds is 6. The number of amides is 2. The molecular formula is C11H11ClN6O3. The lowest BCUT2D eigenvalue weighted by atomic mass is 10.3. The Morgan fingerprint density at radius 2 is 2.00 bits per heavy atom. The molecule has 1 heterocycles. The van der Waals surface area contributed by atoms with Crippen LogP contribution in [0.3, 0.4) is 0 Å². The van der Waals surface area contributed by atoms with E-state index >= 15 is 0 Å². The van der Waals surface area contributed by atoms with Gasteiger partial charge in [0.05, 0.1) is 6.54 Å². The molecule has 0 fully saturated rings. The van der Waals surface area contributed by atoms with Crippen molar-refractivity contribution < 1.29 is 14.3 Å². The summed E-state index contributed by atoms with van der Waals surface area (Å²) in [4.78, 5) is 22.9. The van der Waals surface area contributed by atoms with E-state index < -0.39 is 11.8 Å². The topological polar surface area (TPSA) is 122 Å². The second-order valence-corrected chi connectivity index (χ2v) is 4.24. The number of benzene rings is 1. The number of tetrazole rings is 1.